The summed E-state index contributed by atoms with van der Waals surface area (Å²) in [5.41, 5.74) is 0.242. The van der Waals surface area contributed by atoms with Crippen LogP contribution < -0.4 is 4.90 Å². The Balaban J connectivity index is 1.86. The topological polar surface area (TPSA) is 76.7 Å². The molecule has 23 heavy (non-hydrogen) atoms. The van der Waals surface area contributed by atoms with E-state index in [4.69, 9.17) is 5.26 Å². The van der Waals surface area contributed by atoms with Gasteiger partial charge in [0, 0.05) is 23.5 Å². The molecule has 3 heterocycles. The third-order valence-electron chi connectivity index (χ3n) is 4.27. The number of rotatable bonds is 1. The Hall–Kier alpha value is -2.49. The van der Waals surface area contributed by atoms with Crippen LogP contribution in [0.4, 0.5) is 10.7 Å². The van der Waals surface area contributed by atoms with Crippen LogP contribution in [0.3, 0.4) is 0 Å². The van der Waals surface area contributed by atoms with Gasteiger partial charge in [0.1, 0.15) is 5.00 Å². The lowest BCUT2D eigenvalue weighted by Crippen LogP contribution is -2.48. The van der Waals surface area contributed by atoms with Crippen LogP contribution in [0.25, 0.3) is 0 Å². The summed E-state index contributed by atoms with van der Waals surface area (Å²) < 4.78 is 0. The van der Waals surface area contributed by atoms with Crippen molar-refractivity contribution in [1.82, 2.24) is 0 Å². The highest BCUT2D eigenvalue weighted by atomic mass is 32.1. The number of benzene rings is 1. The first-order chi connectivity index (χ1) is 11.0. The molecule has 5 nitrogen and oxygen atoms in total. The molecule has 0 radical (unpaired) electrons. The molecule has 0 bridgehead atoms. The number of Topliss-reactive ketones (excluding diaryl/α,β-unsaturated/α-hetero) is 1. The van der Waals surface area contributed by atoms with Crippen molar-refractivity contribution < 1.29 is 9.90 Å². The number of thiophene rings is 1. The minimum Gasteiger partial charge on any atom is -0.374 e. The van der Waals surface area contributed by atoms with Gasteiger partial charge in [-0.2, -0.15) is 5.26 Å². The van der Waals surface area contributed by atoms with E-state index in [1.807, 2.05) is 17.9 Å². The quantitative estimate of drug-likeness (QED) is 0.875. The molecular weight excluding hydrogens is 310 g/mol. The van der Waals surface area contributed by atoms with Gasteiger partial charge in [-0.25, -0.2) is 4.99 Å². The van der Waals surface area contributed by atoms with Gasteiger partial charge in [-0.3, -0.25) is 4.79 Å². The van der Waals surface area contributed by atoms with Crippen LogP contribution in [-0.2, 0) is 0 Å². The van der Waals surface area contributed by atoms with Crippen molar-refractivity contribution >= 4 is 33.6 Å². The number of ketones is 1. The van der Waals surface area contributed by atoms with Gasteiger partial charge in [-0.1, -0.05) is 6.07 Å². The summed E-state index contributed by atoms with van der Waals surface area (Å²) in [7, 11) is 0. The lowest BCUT2D eigenvalue weighted by Gasteiger charge is -2.28. The van der Waals surface area contributed by atoms with Crippen LogP contribution in [0.15, 0.2) is 35.3 Å². The molecule has 2 aliphatic rings. The van der Waals surface area contributed by atoms with E-state index in [-0.39, 0.29) is 5.78 Å². The number of amidine groups is 1. The number of carbonyl (C=O) groups excluding carboxylic acids is 1. The van der Waals surface area contributed by atoms with Crippen molar-refractivity contribution in [1.29, 1.82) is 5.26 Å². The van der Waals surface area contributed by atoms with E-state index in [2.05, 4.69) is 11.1 Å². The first-order valence-corrected chi connectivity index (χ1v) is 8.09. The molecule has 0 spiro atoms. The van der Waals surface area contributed by atoms with E-state index in [1.165, 1.54) is 11.3 Å². The molecule has 0 saturated carbocycles. The molecule has 1 N–H and O–H groups in total. The van der Waals surface area contributed by atoms with Crippen molar-refractivity contribution in [2.75, 3.05) is 11.4 Å². The summed E-state index contributed by atoms with van der Waals surface area (Å²) in [6.07, 6.45) is 0.301. The zero-order valence-electron chi connectivity index (χ0n) is 12.4. The second-order valence-corrected chi connectivity index (χ2v) is 7.00. The lowest BCUT2D eigenvalue weighted by molar-refractivity contribution is 0.0603. The second-order valence-electron chi connectivity index (χ2n) is 5.76. The fourth-order valence-corrected chi connectivity index (χ4v) is 4.02. The Morgan fingerprint density at radius 2 is 2.26 bits per heavy atom. The predicted octanol–water partition coefficient (Wildman–Crippen LogP) is 2.80. The zero-order valence-corrected chi connectivity index (χ0v) is 13.2. The number of fused-ring (bicyclic) bond motifs is 2. The number of hydrogen-bond acceptors (Lipinski definition) is 6. The smallest absolute Gasteiger partial charge is 0.205 e. The molecule has 0 amide bonds. The Morgan fingerprint density at radius 3 is 3.04 bits per heavy atom. The highest BCUT2D eigenvalue weighted by Gasteiger charge is 2.52. The molecule has 1 aromatic carbocycles. The van der Waals surface area contributed by atoms with E-state index in [9.17, 15) is 9.90 Å². The van der Waals surface area contributed by atoms with E-state index < -0.39 is 5.60 Å². The van der Waals surface area contributed by atoms with Crippen LogP contribution in [0, 0.1) is 18.3 Å². The summed E-state index contributed by atoms with van der Waals surface area (Å²) in [4.78, 5) is 20.1. The maximum absolute atomic E-state index is 12.7. The number of nitrogens with zero attached hydrogens (tertiary/aromatic N) is 3. The van der Waals surface area contributed by atoms with Crippen molar-refractivity contribution in [3.05, 3.63) is 46.3 Å². The molecule has 1 aromatic heterocycles. The maximum atomic E-state index is 12.7. The van der Waals surface area contributed by atoms with E-state index >= 15 is 0 Å². The standard InChI is InChI=1S/C17H13N3O2S/c1-10-7-13-14(21)17(22)5-6-20(16(17)19-15(13)23-10)12-4-2-3-11(8-12)9-18/h2-4,7-8,22H,5-6H2,1H3. The molecular formula is C17H13N3O2S. The van der Waals surface area contributed by atoms with Gasteiger partial charge in [0.05, 0.1) is 17.2 Å². The minimum absolute atomic E-state index is 0.277. The Bertz CT molecular complexity index is 909. The summed E-state index contributed by atoms with van der Waals surface area (Å²) in [6, 6.07) is 11.0. The van der Waals surface area contributed by atoms with Crippen LogP contribution in [0.2, 0.25) is 0 Å². The second kappa shape index (κ2) is 4.75. The molecule has 0 aliphatic carbocycles. The lowest BCUT2D eigenvalue weighted by atomic mass is 9.90. The third kappa shape index (κ3) is 1.94. The summed E-state index contributed by atoms with van der Waals surface area (Å²) >= 11 is 1.45. The summed E-state index contributed by atoms with van der Waals surface area (Å²) in [5, 5.41) is 20.6. The van der Waals surface area contributed by atoms with Crippen LogP contribution in [0.5, 0.6) is 0 Å². The summed E-state index contributed by atoms with van der Waals surface area (Å²) in [6.45, 7) is 2.41. The molecule has 2 aliphatic heterocycles. The Labute approximate surface area is 137 Å². The molecule has 1 atom stereocenters. The largest absolute Gasteiger partial charge is 0.374 e. The Kier molecular flexibility index (Phi) is 2.92. The van der Waals surface area contributed by atoms with E-state index in [0.29, 0.717) is 34.9 Å². The normalized spacial score (nSPS) is 22.4. The van der Waals surface area contributed by atoms with Gasteiger partial charge in [0.25, 0.3) is 0 Å². The first kappa shape index (κ1) is 14.1. The minimum atomic E-state index is -1.57. The van der Waals surface area contributed by atoms with Crippen molar-refractivity contribution in [2.24, 2.45) is 4.99 Å². The van der Waals surface area contributed by atoms with Crippen LogP contribution in [0.1, 0.15) is 27.2 Å². The van der Waals surface area contributed by atoms with E-state index in [1.54, 1.807) is 24.3 Å². The number of hydrogen-bond donors (Lipinski definition) is 1. The number of anilines is 1. The third-order valence-corrected chi connectivity index (χ3v) is 5.22. The van der Waals surface area contributed by atoms with E-state index in [0.717, 1.165) is 10.6 Å². The fraction of sp³-hybridized carbons (Fsp3) is 0.235. The average Bonchev–Trinajstić information content (AvgIpc) is 3.09. The van der Waals surface area contributed by atoms with Gasteiger partial charge in [0.15, 0.2) is 11.4 Å². The fourth-order valence-electron chi connectivity index (χ4n) is 3.14. The van der Waals surface area contributed by atoms with Gasteiger partial charge in [-0.05, 0) is 31.2 Å². The SMILES string of the molecule is Cc1cc2c(s1)N=C1N(c3cccc(C#N)c3)CCC1(O)C2=O. The molecule has 1 fully saturated rings. The number of aryl methyl sites for hydroxylation is 1. The van der Waals surface area contributed by atoms with Crippen LogP contribution in [-0.4, -0.2) is 28.9 Å². The molecule has 4 rings (SSSR count). The monoisotopic (exact) mass is 323 g/mol. The zero-order chi connectivity index (χ0) is 16.2. The van der Waals surface area contributed by atoms with Crippen molar-refractivity contribution in [2.45, 2.75) is 18.9 Å². The number of nitriles is 1. The predicted molar refractivity (Wildman–Crippen MR) is 88.6 cm³/mol. The molecule has 1 unspecified atom stereocenters. The van der Waals surface area contributed by atoms with Crippen LogP contribution >= 0.6 is 11.3 Å². The molecule has 114 valence electrons. The number of aliphatic imine (C=N–C) groups is 1. The van der Waals surface area contributed by atoms with Crippen molar-refractivity contribution in [3.63, 3.8) is 0 Å². The summed E-state index contributed by atoms with van der Waals surface area (Å²) in [5.74, 6) is 0.0905. The molecule has 6 heteroatoms. The van der Waals surface area contributed by atoms with Gasteiger partial charge in [-0.15, -0.1) is 11.3 Å². The number of carbonyl (C=O) groups is 1. The van der Waals surface area contributed by atoms with Gasteiger partial charge < -0.3 is 10.0 Å². The van der Waals surface area contributed by atoms with Crippen molar-refractivity contribution in [3.8, 4) is 6.07 Å². The average molecular weight is 323 g/mol. The number of aliphatic hydroxyl groups is 1. The first-order valence-electron chi connectivity index (χ1n) is 7.27. The van der Waals surface area contributed by atoms with Gasteiger partial charge >= 0.3 is 0 Å². The maximum Gasteiger partial charge on any atom is 0.205 e. The Morgan fingerprint density at radius 1 is 1.43 bits per heavy atom. The highest BCUT2D eigenvalue weighted by molar-refractivity contribution is 7.16. The highest BCUT2D eigenvalue weighted by Crippen LogP contribution is 2.43. The van der Waals surface area contributed by atoms with Gasteiger partial charge in [0.2, 0.25) is 5.78 Å². The molecule has 1 saturated heterocycles. The molecule has 2 aromatic rings.